The lowest BCUT2D eigenvalue weighted by molar-refractivity contribution is -0.657. The summed E-state index contributed by atoms with van der Waals surface area (Å²) in [5.74, 6) is 0.730. The molecular formula is C10H11N4+. The summed E-state index contributed by atoms with van der Waals surface area (Å²) in [7, 11) is 1.91. The molecule has 4 nitrogen and oxygen atoms in total. The van der Waals surface area contributed by atoms with Crippen LogP contribution in [0, 0.1) is 0 Å². The van der Waals surface area contributed by atoms with Crippen LogP contribution in [0.3, 0.4) is 0 Å². The molecule has 1 aromatic heterocycles. The van der Waals surface area contributed by atoms with Gasteiger partial charge in [0, 0.05) is 5.11 Å². The van der Waals surface area contributed by atoms with Crippen molar-refractivity contribution in [3.63, 3.8) is 0 Å². The molecule has 0 radical (unpaired) electrons. The number of aryl methyl sites for hydroxylation is 1. The maximum Gasteiger partial charge on any atom is 0.418 e. The van der Waals surface area contributed by atoms with E-state index in [1.807, 2.05) is 54.3 Å². The van der Waals surface area contributed by atoms with Crippen molar-refractivity contribution in [1.82, 2.24) is 4.98 Å². The molecule has 2 rings (SSSR count). The second-order valence-corrected chi connectivity index (χ2v) is 2.93. The average Bonchev–Trinajstić information content (AvgIpc) is 2.63. The topological polar surface area (TPSA) is 44.4 Å². The third-order valence-electron chi connectivity index (χ3n) is 1.86. The van der Waals surface area contributed by atoms with Crippen LogP contribution in [0.2, 0.25) is 0 Å². The minimum atomic E-state index is 0.730. The van der Waals surface area contributed by atoms with E-state index in [0.29, 0.717) is 0 Å². The molecule has 1 N–H and O–H groups in total. The van der Waals surface area contributed by atoms with E-state index in [1.165, 1.54) is 0 Å². The Balaban J connectivity index is 2.20. The molecule has 2 aromatic rings. The molecule has 0 unspecified atom stereocenters. The molecule has 0 saturated carbocycles. The average molecular weight is 187 g/mol. The molecule has 4 heteroatoms. The van der Waals surface area contributed by atoms with Gasteiger partial charge in [-0.1, -0.05) is 23.3 Å². The largest absolute Gasteiger partial charge is 0.418 e. The third-order valence-corrected chi connectivity index (χ3v) is 1.86. The lowest BCUT2D eigenvalue weighted by atomic mass is 10.3. The molecule has 0 saturated heterocycles. The number of benzene rings is 1. The molecule has 1 heterocycles. The first-order valence-electron chi connectivity index (χ1n) is 4.36. The minimum absolute atomic E-state index is 0.730. The molecule has 0 spiro atoms. The van der Waals surface area contributed by atoms with E-state index >= 15 is 0 Å². The lowest BCUT2D eigenvalue weighted by Gasteiger charge is -1.85. The highest BCUT2D eigenvalue weighted by molar-refractivity contribution is 5.35. The Morgan fingerprint density at radius 1 is 1.14 bits per heavy atom. The van der Waals surface area contributed by atoms with Crippen LogP contribution in [0.1, 0.15) is 0 Å². The Hall–Kier alpha value is -1.97. The highest BCUT2D eigenvalue weighted by Gasteiger charge is 2.03. The van der Waals surface area contributed by atoms with Crippen LogP contribution >= 0.6 is 0 Å². The second-order valence-electron chi connectivity index (χ2n) is 2.93. The van der Waals surface area contributed by atoms with Gasteiger partial charge < -0.3 is 0 Å². The number of aromatic amines is 1. The maximum absolute atomic E-state index is 4.08. The number of azo groups is 1. The second kappa shape index (κ2) is 3.83. The number of imidazole rings is 1. The molecule has 1 aromatic carbocycles. The highest BCUT2D eigenvalue weighted by atomic mass is 15.2. The van der Waals surface area contributed by atoms with Gasteiger partial charge in [0.25, 0.3) is 0 Å². The van der Waals surface area contributed by atoms with Gasteiger partial charge in [-0.2, -0.15) is 0 Å². The first-order chi connectivity index (χ1) is 6.86. The van der Waals surface area contributed by atoms with Gasteiger partial charge >= 0.3 is 5.95 Å². The SMILES string of the molecule is C[n+]1cc[nH]c1N=Nc1ccccc1. The van der Waals surface area contributed by atoms with Gasteiger partial charge in [-0.3, -0.25) is 0 Å². The molecule has 0 fully saturated rings. The Kier molecular flexibility index (Phi) is 2.36. The number of H-pyrrole nitrogens is 1. The van der Waals surface area contributed by atoms with Gasteiger partial charge in [0.15, 0.2) is 0 Å². The summed E-state index contributed by atoms with van der Waals surface area (Å²) in [6.07, 6.45) is 3.71. The highest BCUT2D eigenvalue weighted by Crippen LogP contribution is 2.12. The smallest absolute Gasteiger partial charge is 0.244 e. The summed E-state index contributed by atoms with van der Waals surface area (Å²) in [6.45, 7) is 0. The van der Waals surface area contributed by atoms with Crippen molar-refractivity contribution in [3.05, 3.63) is 42.7 Å². The fourth-order valence-electron chi connectivity index (χ4n) is 1.10. The van der Waals surface area contributed by atoms with Crippen molar-refractivity contribution >= 4 is 11.6 Å². The van der Waals surface area contributed by atoms with Crippen molar-refractivity contribution in [3.8, 4) is 0 Å². The van der Waals surface area contributed by atoms with Crippen LogP contribution in [0.15, 0.2) is 53.0 Å². The fourth-order valence-corrected chi connectivity index (χ4v) is 1.10. The van der Waals surface area contributed by atoms with E-state index in [9.17, 15) is 0 Å². The maximum atomic E-state index is 4.08. The van der Waals surface area contributed by atoms with Gasteiger partial charge in [-0.25, -0.2) is 9.55 Å². The van der Waals surface area contributed by atoms with Gasteiger partial charge in [0.1, 0.15) is 5.69 Å². The van der Waals surface area contributed by atoms with Crippen LogP contribution in [0.5, 0.6) is 0 Å². The first kappa shape index (κ1) is 8.62. The van der Waals surface area contributed by atoms with Gasteiger partial charge in [0.2, 0.25) is 0 Å². The lowest BCUT2D eigenvalue weighted by Crippen LogP contribution is -2.24. The number of hydrogen-bond acceptors (Lipinski definition) is 2. The third kappa shape index (κ3) is 1.85. The van der Waals surface area contributed by atoms with E-state index in [1.54, 1.807) is 0 Å². The number of rotatable bonds is 2. The minimum Gasteiger partial charge on any atom is -0.244 e. The number of nitrogens with zero attached hydrogens (tertiary/aromatic N) is 3. The van der Waals surface area contributed by atoms with Crippen molar-refractivity contribution in [2.24, 2.45) is 17.3 Å². The van der Waals surface area contributed by atoms with Crippen LogP contribution in [-0.4, -0.2) is 4.98 Å². The molecule has 0 amide bonds. The van der Waals surface area contributed by atoms with Gasteiger partial charge in [-0.05, 0) is 12.1 Å². The number of aromatic nitrogens is 2. The fraction of sp³-hybridized carbons (Fsp3) is 0.100. The van der Waals surface area contributed by atoms with Gasteiger partial charge in [-0.15, -0.1) is 0 Å². The number of nitrogens with one attached hydrogen (secondary N) is 1. The quantitative estimate of drug-likeness (QED) is 0.553. The zero-order valence-electron chi connectivity index (χ0n) is 7.88. The summed E-state index contributed by atoms with van der Waals surface area (Å²) in [4.78, 5) is 2.98. The predicted molar refractivity (Wildman–Crippen MR) is 52.6 cm³/mol. The molecule has 0 atom stereocenters. The molecule has 0 aliphatic carbocycles. The Bertz CT molecular complexity index is 430. The Labute approximate surface area is 81.9 Å². The summed E-state index contributed by atoms with van der Waals surface area (Å²) < 4.78 is 1.87. The van der Waals surface area contributed by atoms with E-state index in [2.05, 4.69) is 15.2 Å². The van der Waals surface area contributed by atoms with Crippen molar-refractivity contribution < 1.29 is 4.57 Å². The molecule has 70 valence electrons. The zero-order valence-corrected chi connectivity index (χ0v) is 7.88. The van der Waals surface area contributed by atoms with E-state index in [-0.39, 0.29) is 0 Å². The van der Waals surface area contributed by atoms with Gasteiger partial charge in [0.05, 0.1) is 19.4 Å². The molecule has 0 aliphatic heterocycles. The van der Waals surface area contributed by atoms with E-state index in [0.717, 1.165) is 11.6 Å². The summed E-state index contributed by atoms with van der Waals surface area (Å²) in [5, 5.41) is 8.15. The molecular weight excluding hydrogens is 176 g/mol. The predicted octanol–water partition coefficient (Wildman–Crippen LogP) is 2.25. The van der Waals surface area contributed by atoms with E-state index in [4.69, 9.17) is 0 Å². The van der Waals surface area contributed by atoms with E-state index < -0.39 is 0 Å². The normalized spacial score (nSPS) is 10.9. The summed E-state index contributed by atoms with van der Waals surface area (Å²) >= 11 is 0. The zero-order chi connectivity index (χ0) is 9.80. The van der Waals surface area contributed by atoms with Crippen molar-refractivity contribution in [1.29, 1.82) is 0 Å². The van der Waals surface area contributed by atoms with Crippen molar-refractivity contribution in [2.45, 2.75) is 0 Å². The Morgan fingerprint density at radius 3 is 2.57 bits per heavy atom. The Morgan fingerprint density at radius 2 is 1.93 bits per heavy atom. The standard InChI is InChI=1S/C10H10N4/c1-14-8-7-11-10(14)13-12-9-5-3-2-4-6-9/h2-8H,1H3/p+1. The van der Waals surface area contributed by atoms with Crippen LogP contribution in [-0.2, 0) is 7.05 Å². The van der Waals surface area contributed by atoms with Crippen LogP contribution in [0.4, 0.5) is 11.6 Å². The summed E-state index contributed by atoms with van der Waals surface area (Å²) in [5.41, 5.74) is 0.849. The molecule has 0 bridgehead atoms. The van der Waals surface area contributed by atoms with Crippen LogP contribution in [0.25, 0.3) is 0 Å². The summed E-state index contributed by atoms with van der Waals surface area (Å²) in [6, 6.07) is 9.64. The van der Waals surface area contributed by atoms with Crippen LogP contribution < -0.4 is 4.57 Å². The van der Waals surface area contributed by atoms with Crippen molar-refractivity contribution in [2.75, 3.05) is 0 Å². The first-order valence-corrected chi connectivity index (χ1v) is 4.36. The molecule has 0 aliphatic rings. The monoisotopic (exact) mass is 187 g/mol. The molecule has 14 heavy (non-hydrogen) atoms. The number of hydrogen-bond donors (Lipinski definition) is 1.